The number of hydrazine groups is 1. The maximum atomic E-state index is 5.39. The first kappa shape index (κ1) is 9.85. The topological polar surface area (TPSA) is 51.2 Å². The van der Waals surface area contributed by atoms with E-state index in [2.05, 4.69) is 17.3 Å². The van der Waals surface area contributed by atoms with Crippen LogP contribution in [-0.4, -0.2) is 0 Å². The summed E-state index contributed by atoms with van der Waals surface area (Å²) in [5.41, 5.74) is 2.70. The zero-order valence-corrected chi connectivity index (χ0v) is 7.71. The van der Waals surface area contributed by atoms with E-state index in [1.807, 2.05) is 19.1 Å². The second-order valence-corrected chi connectivity index (χ2v) is 2.70. The second kappa shape index (κ2) is 5.41. The number of nitrogens with one attached hydrogen (secondary N) is 1. The number of furan rings is 1. The molecule has 0 aliphatic rings. The normalized spacial score (nSPS) is 11.8. The van der Waals surface area contributed by atoms with E-state index in [0.29, 0.717) is 0 Å². The molecule has 0 fully saturated rings. The molecule has 0 saturated heterocycles. The van der Waals surface area contributed by atoms with Crippen LogP contribution in [0.2, 0.25) is 0 Å². The SMILES string of the molecule is CC#CCCC(NN)c1ccco1. The Balaban J connectivity index is 2.47. The van der Waals surface area contributed by atoms with Crippen molar-refractivity contribution in [2.75, 3.05) is 0 Å². The largest absolute Gasteiger partial charge is 0.468 e. The van der Waals surface area contributed by atoms with Crippen molar-refractivity contribution in [1.29, 1.82) is 0 Å². The van der Waals surface area contributed by atoms with Crippen molar-refractivity contribution in [3.05, 3.63) is 24.2 Å². The zero-order chi connectivity index (χ0) is 9.52. The van der Waals surface area contributed by atoms with Gasteiger partial charge in [-0.3, -0.25) is 5.84 Å². The van der Waals surface area contributed by atoms with Gasteiger partial charge >= 0.3 is 0 Å². The molecule has 0 aliphatic heterocycles. The summed E-state index contributed by atoms with van der Waals surface area (Å²) in [4.78, 5) is 0. The Kier molecular flexibility index (Phi) is 4.10. The summed E-state index contributed by atoms with van der Waals surface area (Å²) >= 11 is 0. The van der Waals surface area contributed by atoms with Crippen LogP contribution in [0.4, 0.5) is 0 Å². The highest BCUT2D eigenvalue weighted by Crippen LogP contribution is 2.17. The van der Waals surface area contributed by atoms with Crippen LogP contribution in [0.25, 0.3) is 0 Å². The van der Waals surface area contributed by atoms with Gasteiger partial charge in [0.15, 0.2) is 0 Å². The molecule has 0 spiro atoms. The van der Waals surface area contributed by atoms with Gasteiger partial charge < -0.3 is 4.42 Å². The van der Waals surface area contributed by atoms with Gasteiger partial charge in [-0.25, -0.2) is 5.43 Å². The predicted molar refractivity (Wildman–Crippen MR) is 51.5 cm³/mol. The predicted octanol–water partition coefficient (Wildman–Crippen LogP) is 1.59. The maximum absolute atomic E-state index is 5.39. The summed E-state index contributed by atoms with van der Waals surface area (Å²) < 4.78 is 5.23. The molecule has 1 aromatic heterocycles. The Labute approximate surface area is 78.3 Å². The molecule has 13 heavy (non-hydrogen) atoms. The van der Waals surface area contributed by atoms with E-state index >= 15 is 0 Å². The van der Waals surface area contributed by atoms with Crippen LogP contribution in [0, 0.1) is 11.8 Å². The van der Waals surface area contributed by atoms with Gasteiger partial charge in [0, 0.05) is 6.42 Å². The van der Waals surface area contributed by atoms with Gasteiger partial charge in [0.1, 0.15) is 5.76 Å². The van der Waals surface area contributed by atoms with Gasteiger partial charge in [0.2, 0.25) is 0 Å². The monoisotopic (exact) mass is 178 g/mol. The molecule has 1 aromatic rings. The van der Waals surface area contributed by atoms with Crippen molar-refractivity contribution in [2.45, 2.75) is 25.8 Å². The van der Waals surface area contributed by atoms with E-state index in [4.69, 9.17) is 10.3 Å². The molecule has 0 saturated carbocycles. The van der Waals surface area contributed by atoms with Crippen molar-refractivity contribution in [2.24, 2.45) is 5.84 Å². The van der Waals surface area contributed by atoms with Gasteiger partial charge in [0.25, 0.3) is 0 Å². The summed E-state index contributed by atoms with van der Waals surface area (Å²) in [7, 11) is 0. The third-order valence-electron chi connectivity index (χ3n) is 1.82. The minimum atomic E-state index is 0.0656. The quantitative estimate of drug-likeness (QED) is 0.418. The molecule has 1 unspecified atom stereocenters. The molecule has 3 nitrogen and oxygen atoms in total. The smallest absolute Gasteiger partial charge is 0.122 e. The Morgan fingerprint density at radius 3 is 3.08 bits per heavy atom. The molecule has 0 aromatic carbocycles. The molecule has 1 heterocycles. The Morgan fingerprint density at radius 2 is 2.54 bits per heavy atom. The van der Waals surface area contributed by atoms with E-state index < -0.39 is 0 Å². The van der Waals surface area contributed by atoms with E-state index in [1.54, 1.807) is 6.26 Å². The van der Waals surface area contributed by atoms with E-state index in [9.17, 15) is 0 Å². The lowest BCUT2D eigenvalue weighted by molar-refractivity contribution is 0.404. The van der Waals surface area contributed by atoms with Gasteiger partial charge in [-0.2, -0.15) is 0 Å². The highest BCUT2D eigenvalue weighted by atomic mass is 16.3. The first-order chi connectivity index (χ1) is 6.38. The second-order valence-electron chi connectivity index (χ2n) is 2.70. The Hall–Kier alpha value is -1.24. The molecule has 0 aliphatic carbocycles. The van der Waals surface area contributed by atoms with Crippen LogP contribution in [0.1, 0.15) is 31.6 Å². The van der Waals surface area contributed by atoms with Gasteiger partial charge in [-0.1, -0.05) is 0 Å². The lowest BCUT2D eigenvalue weighted by Crippen LogP contribution is -2.27. The molecule has 3 heteroatoms. The number of rotatable bonds is 4. The summed E-state index contributed by atoms with van der Waals surface area (Å²) in [6.45, 7) is 1.83. The summed E-state index contributed by atoms with van der Waals surface area (Å²) in [6, 6.07) is 3.82. The van der Waals surface area contributed by atoms with Crippen LogP contribution < -0.4 is 11.3 Å². The van der Waals surface area contributed by atoms with Crippen LogP contribution in [-0.2, 0) is 0 Å². The fourth-order valence-corrected chi connectivity index (χ4v) is 1.14. The third kappa shape index (κ3) is 2.94. The minimum absolute atomic E-state index is 0.0656. The standard InChI is InChI=1S/C10H14N2O/c1-2-3-4-6-9(12-11)10-7-5-8-13-10/h5,7-9,12H,4,6,11H2,1H3. The molecular weight excluding hydrogens is 164 g/mol. The van der Waals surface area contributed by atoms with Gasteiger partial charge in [0.05, 0.1) is 12.3 Å². The van der Waals surface area contributed by atoms with E-state index in [0.717, 1.165) is 18.6 Å². The van der Waals surface area contributed by atoms with E-state index in [1.165, 1.54) is 0 Å². The highest BCUT2D eigenvalue weighted by molar-refractivity contribution is 5.05. The van der Waals surface area contributed by atoms with E-state index in [-0.39, 0.29) is 6.04 Å². The third-order valence-corrected chi connectivity index (χ3v) is 1.82. The molecule has 1 rings (SSSR count). The minimum Gasteiger partial charge on any atom is -0.468 e. The number of hydrogen-bond donors (Lipinski definition) is 2. The van der Waals surface area contributed by atoms with Crippen LogP contribution in [0.3, 0.4) is 0 Å². The maximum Gasteiger partial charge on any atom is 0.122 e. The van der Waals surface area contributed by atoms with Crippen LogP contribution >= 0.6 is 0 Å². The highest BCUT2D eigenvalue weighted by Gasteiger charge is 2.10. The Morgan fingerprint density at radius 1 is 1.69 bits per heavy atom. The molecule has 70 valence electrons. The summed E-state index contributed by atoms with van der Waals surface area (Å²) in [5.74, 6) is 12.1. The van der Waals surface area contributed by atoms with Crippen molar-refractivity contribution >= 4 is 0 Å². The van der Waals surface area contributed by atoms with Crippen molar-refractivity contribution < 1.29 is 4.42 Å². The first-order valence-corrected chi connectivity index (χ1v) is 4.27. The average Bonchev–Trinajstić information content (AvgIpc) is 2.65. The molecule has 0 bridgehead atoms. The zero-order valence-electron chi connectivity index (χ0n) is 7.71. The van der Waals surface area contributed by atoms with Crippen molar-refractivity contribution in [3.63, 3.8) is 0 Å². The number of hydrogen-bond acceptors (Lipinski definition) is 3. The fraction of sp³-hybridized carbons (Fsp3) is 0.400. The van der Waals surface area contributed by atoms with Crippen molar-refractivity contribution in [1.82, 2.24) is 5.43 Å². The van der Waals surface area contributed by atoms with Crippen LogP contribution in [0.5, 0.6) is 0 Å². The lowest BCUT2D eigenvalue weighted by Gasteiger charge is -2.10. The Bertz CT molecular complexity index is 282. The summed E-state index contributed by atoms with van der Waals surface area (Å²) in [6.07, 6.45) is 3.34. The molecular formula is C10H14N2O. The van der Waals surface area contributed by atoms with Crippen LogP contribution in [0.15, 0.2) is 22.8 Å². The molecule has 0 amide bonds. The van der Waals surface area contributed by atoms with Crippen molar-refractivity contribution in [3.8, 4) is 11.8 Å². The summed E-state index contributed by atoms with van der Waals surface area (Å²) in [5, 5.41) is 0. The molecule has 1 atom stereocenters. The first-order valence-electron chi connectivity index (χ1n) is 4.27. The molecule has 3 N–H and O–H groups in total. The lowest BCUT2D eigenvalue weighted by atomic mass is 10.1. The van der Waals surface area contributed by atoms with Gasteiger partial charge in [-0.05, 0) is 25.5 Å². The fourth-order valence-electron chi connectivity index (χ4n) is 1.14. The molecule has 0 radical (unpaired) electrons. The van der Waals surface area contributed by atoms with Gasteiger partial charge in [-0.15, -0.1) is 11.8 Å². The average molecular weight is 178 g/mol. The number of nitrogens with two attached hydrogens (primary N) is 1.